The van der Waals surface area contributed by atoms with Crippen LogP contribution in [-0.2, 0) is 13.1 Å². The smallest absolute Gasteiger partial charge is 0.0296 e. The molecule has 2 rings (SSSR count). The summed E-state index contributed by atoms with van der Waals surface area (Å²) in [5.74, 6) is 0. The summed E-state index contributed by atoms with van der Waals surface area (Å²) in [6.45, 7) is 10.4. The fourth-order valence-electron chi connectivity index (χ4n) is 3.11. The summed E-state index contributed by atoms with van der Waals surface area (Å²) in [5, 5.41) is 3.25. The van der Waals surface area contributed by atoms with Gasteiger partial charge in [0, 0.05) is 42.0 Å². The summed E-state index contributed by atoms with van der Waals surface area (Å²) in [4.78, 5) is 8.13. The highest BCUT2D eigenvalue weighted by Crippen LogP contribution is 2.25. The molecule has 0 radical (unpaired) electrons. The van der Waals surface area contributed by atoms with Crippen molar-refractivity contribution in [3.8, 4) is 0 Å². The zero-order chi connectivity index (χ0) is 14.5. The van der Waals surface area contributed by atoms with Crippen LogP contribution in [0.5, 0.6) is 0 Å². The molecular weight excluding hydrogens is 266 g/mol. The van der Waals surface area contributed by atoms with E-state index < -0.39 is 0 Å². The molecule has 1 saturated heterocycles. The molecule has 0 aromatic carbocycles. The van der Waals surface area contributed by atoms with E-state index in [1.54, 1.807) is 0 Å². The van der Waals surface area contributed by atoms with E-state index in [4.69, 9.17) is 0 Å². The van der Waals surface area contributed by atoms with Crippen LogP contribution < -0.4 is 5.32 Å². The first-order valence-corrected chi connectivity index (χ1v) is 8.61. The Morgan fingerprint density at radius 1 is 1.40 bits per heavy atom. The third-order valence-corrected chi connectivity index (χ3v) is 5.38. The summed E-state index contributed by atoms with van der Waals surface area (Å²) in [6, 6.07) is 3.10. The van der Waals surface area contributed by atoms with Crippen LogP contribution >= 0.6 is 11.3 Å². The van der Waals surface area contributed by atoms with Crippen molar-refractivity contribution < 1.29 is 0 Å². The minimum Gasteiger partial charge on any atom is -0.315 e. The van der Waals surface area contributed by atoms with Crippen molar-refractivity contribution in [3.63, 3.8) is 0 Å². The molecule has 114 valence electrons. The minimum atomic E-state index is 0.703. The van der Waals surface area contributed by atoms with Crippen molar-refractivity contribution in [1.82, 2.24) is 15.1 Å². The van der Waals surface area contributed by atoms with Gasteiger partial charge in [0.25, 0.3) is 0 Å². The molecule has 4 heteroatoms. The maximum absolute atomic E-state index is 3.25. The molecule has 1 fully saturated rings. The van der Waals surface area contributed by atoms with Gasteiger partial charge in [-0.2, -0.15) is 0 Å². The van der Waals surface area contributed by atoms with E-state index in [-0.39, 0.29) is 0 Å². The van der Waals surface area contributed by atoms with Crippen LogP contribution in [0.3, 0.4) is 0 Å². The standard InChI is InChI=1S/C16H29N3S/c1-5-15-12-18(4)7-6-8-19(15)11-14-9-16(10-17-3)20-13(14)2/h9,15,17H,5-8,10-12H2,1-4H3. The Bertz CT molecular complexity index is 416. The second-order valence-corrected chi connectivity index (χ2v) is 7.31. The second kappa shape index (κ2) is 7.55. The molecule has 0 aliphatic carbocycles. The number of likely N-dealkylation sites (N-methyl/N-ethyl adjacent to an activating group) is 1. The predicted octanol–water partition coefficient (Wildman–Crippen LogP) is 2.69. The van der Waals surface area contributed by atoms with Gasteiger partial charge < -0.3 is 10.2 Å². The highest BCUT2D eigenvalue weighted by molar-refractivity contribution is 7.12. The monoisotopic (exact) mass is 295 g/mol. The van der Waals surface area contributed by atoms with E-state index in [1.165, 1.54) is 47.8 Å². The lowest BCUT2D eigenvalue weighted by molar-refractivity contribution is 0.176. The topological polar surface area (TPSA) is 18.5 Å². The van der Waals surface area contributed by atoms with E-state index in [2.05, 4.69) is 42.1 Å². The molecule has 0 spiro atoms. The van der Waals surface area contributed by atoms with Crippen molar-refractivity contribution in [2.24, 2.45) is 0 Å². The lowest BCUT2D eigenvalue weighted by Crippen LogP contribution is -2.39. The lowest BCUT2D eigenvalue weighted by Gasteiger charge is -2.30. The van der Waals surface area contributed by atoms with Gasteiger partial charge in [-0.15, -0.1) is 11.3 Å². The van der Waals surface area contributed by atoms with E-state index in [0.29, 0.717) is 6.04 Å². The Morgan fingerprint density at radius 3 is 2.90 bits per heavy atom. The van der Waals surface area contributed by atoms with Crippen LogP contribution in [0.1, 0.15) is 35.1 Å². The van der Waals surface area contributed by atoms with E-state index in [9.17, 15) is 0 Å². The summed E-state index contributed by atoms with van der Waals surface area (Å²) in [6.07, 6.45) is 2.54. The van der Waals surface area contributed by atoms with Crippen LogP contribution in [0, 0.1) is 6.92 Å². The number of nitrogens with zero attached hydrogens (tertiary/aromatic N) is 2. The Balaban J connectivity index is 2.06. The average Bonchev–Trinajstić information content (AvgIpc) is 2.65. The number of hydrogen-bond donors (Lipinski definition) is 1. The third-order valence-electron chi connectivity index (χ3n) is 4.29. The molecule has 0 saturated carbocycles. The first kappa shape index (κ1) is 16.0. The number of thiophene rings is 1. The molecule has 1 aromatic heterocycles. The lowest BCUT2D eigenvalue weighted by atomic mass is 10.1. The second-order valence-electron chi connectivity index (χ2n) is 5.97. The highest BCUT2D eigenvalue weighted by atomic mass is 32.1. The molecule has 1 aliphatic rings. The van der Waals surface area contributed by atoms with Crippen molar-refractivity contribution in [3.05, 3.63) is 21.4 Å². The SMILES string of the molecule is CCC1CN(C)CCCN1Cc1cc(CNC)sc1C. The van der Waals surface area contributed by atoms with Gasteiger partial charge in [-0.1, -0.05) is 6.92 Å². The number of aryl methyl sites for hydroxylation is 1. The fourth-order valence-corrected chi connectivity index (χ4v) is 4.18. The quantitative estimate of drug-likeness (QED) is 0.901. The van der Waals surface area contributed by atoms with Crippen LogP contribution in [0.15, 0.2) is 6.07 Å². The molecule has 3 nitrogen and oxygen atoms in total. The number of hydrogen-bond acceptors (Lipinski definition) is 4. The molecular formula is C16H29N3S. The maximum Gasteiger partial charge on any atom is 0.0296 e. The number of rotatable bonds is 5. The predicted molar refractivity (Wildman–Crippen MR) is 88.4 cm³/mol. The van der Waals surface area contributed by atoms with Gasteiger partial charge in [-0.25, -0.2) is 0 Å². The van der Waals surface area contributed by atoms with Crippen LogP contribution in [-0.4, -0.2) is 49.6 Å². The highest BCUT2D eigenvalue weighted by Gasteiger charge is 2.22. The Hall–Kier alpha value is -0.420. The van der Waals surface area contributed by atoms with Gasteiger partial charge in [0.15, 0.2) is 0 Å². The van der Waals surface area contributed by atoms with Crippen LogP contribution in [0.2, 0.25) is 0 Å². The zero-order valence-electron chi connectivity index (χ0n) is 13.4. The summed E-state index contributed by atoms with van der Waals surface area (Å²) in [5.41, 5.74) is 1.53. The van der Waals surface area contributed by atoms with Gasteiger partial charge in [0.05, 0.1) is 0 Å². The van der Waals surface area contributed by atoms with E-state index >= 15 is 0 Å². The normalized spacial score (nSPS) is 22.1. The Labute approximate surface area is 128 Å². The number of nitrogens with one attached hydrogen (secondary N) is 1. The Morgan fingerprint density at radius 2 is 2.20 bits per heavy atom. The molecule has 20 heavy (non-hydrogen) atoms. The first-order valence-electron chi connectivity index (χ1n) is 7.79. The van der Waals surface area contributed by atoms with Crippen LogP contribution in [0.25, 0.3) is 0 Å². The molecule has 1 N–H and O–H groups in total. The molecule has 0 bridgehead atoms. The summed E-state index contributed by atoms with van der Waals surface area (Å²) < 4.78 is 0. The molecule has 0 amide bonds. The maximum atomic E-state index is 3.25. The minimum absolute atomic E-state index is 0.703. The fraction of sp³-hybridized carbons (Fsp3) is 0.750. The Kier molecular flexibility index (Phi) is 6.02. The molecule has 1 aliphatic heterocycles. The summed E-state index contributed by atoms with van der Waals surface area (Å²) >= 11 is 1.94. The van der Waals surface area contributed by atoms with Crippen molar-refractivity contribution in [2.45, 2.75) is 45.8 Å². The molecule has 1 atom stereocenters. The summed E-state index contributed by atoms with van der Waals surface area (Å²) in [7, 11) is 4.28. The van der Waals surface area contributed by atoms with Crippen LogP contribution in [0.4, 0.5) is 0 Å². The molecule has 1 unspecified atom stereocenters. The molecule has 1 aromatic rings. The largest absolute Gasteiger partial charge is 0.315 e. The molecule has 2 heterocycles. The average molecular weight is 295 g/mol. The van der Waals surface area contributed by atoms with Gasteiger partial charge >= 0.3 is 0 Å². The van der Waals surface area contributed by atoms with Crippen molar-refractivity contribution in [2.75, 3.05) is 33.7 Å². The zero-order valence-corrected chi connectivity index (χ0v) is 14.2. The van der Waals surface area contributed by atoms with E-state index in [0.717, 1.165) is 13.1 Å². The van der Waals surface area contributed by atoms with Crippen molar-refractivity contribution in [1.29, 1.82) is 0 Å². The van der Waals surface area contributed by atoms with Gasteiger partial charge in [0.2, 0.25) is 0 Å². The first-order chi connectivity index (χ1) is 9.63. The van der Waals surface area contributed by atoms with E-state index in [1.807, 2.05) is 18.4 Å². The van der Waals surface area contributed by atoms with Gasteiger partial charge in [0.1, 0.15) is 0 Å². The third kappa shape index (κ3) is 4.04. The van der Waals surface area contributed by atoms with Gasteiger partial charge in [-0.05, 0) is 52.0 Å². The van der Waals surface area contributed by atoms with Crippen molar-refractivity contribution >= 4 is 11.3 Å². The van der Waals surface area contributed by atoms with Gasteiger partial charge in [-0.3, -0.25) is 4.90 Å².